The van der Waals surface area contributed by atoms with Gasteiger partial charge < -0.3 is 10.2 Å². The van der Waals surface area contributed by atoms with Gasteiger partial charge in [0.05, 0.1) is 34.2 Å². The fourth-order valence-electron chi connectivity index (χ4n) is 4.86. The van der Waals surface area contributed by atoms with E-state index in [9.17, 15) is 22.8 Å². The molecule has 0 aliphatic carbocycles. The number of hydrogen-bond donors (Lipinski definition) is 1. The standard InChI is InChI=1S/C30H32ClF3N4O2/c1-3-19(2)28(39)37-25(16-21-11-12-23(24(31)15-21)30(32,33)34)29(40)38-13-7-10-27(38)26-18-35-17-22(36-26)14-20-8-5-4-6-9-20/h4-6,8-9,11-12,15,17-19,25,27H,3,7,10,13-14,16H2,1-2H3,(H,37,39)/t19-,25+,27-/m1/s1. The molecule has 2 aromatic carbocycles. The van der Waals surface area contributed by atoms with Crippen LogP contribution in [0.25, 0.3) is 0 Å². The van der Waals surface area contributed by atoms with Crippen molar-refractivity contribution in [1.82, 2.24) is 20.2 Å². The van der Waals surface area contributed by atoms with E-state index in [0.717, 1.165) is 23.7 Å². The summed E-state index contributed by atoms with van der Waals surface area (Å²) < 4.78 is 39.7. The van der Waals surface area contributed by atoms with Crippen LogP contribution in [0.4, 0.5) is 13.2 Å². The van der Waals surface area contributed by atoms with Gasteiger partial charge in [-0.15, -0.1) is 0 Å². The van der Waals surface area contributed by atoms with Gasteiger partial charge in [-0.3, -0.25) is 19.6 Å². The minimum absolute atomic E-state index is 0.00180. The molecule has 0 unspecified atom stereocenters. The highest BCUT2D eigenvalue weighted by atomic mass is 35.5. The molecule has 1 fully saturated rings. The van der Waals surface area contributed by atoms with Gasteiger partial charge >= 0.3 is 6.18 Å². The highest BCUT2D eigenvalue weighted by Gasteiger charge is 2.37. The minimum atomic E-state index is -4.59. The quantitative estimate of drug-likeness (QED) is 0.332. The first-order chi connectivity index (χ1) is 19.1. The monoisotopic (exact) mass is 572 g/mol. The van der Waals surface area contributed by atoms with E-state index in [-0.39, 0.29) is 30.2 Å². The molecule has 4 rings (SSSR count). The molecule has 10 heteroatoms. The highest BCUT2D eigenvalue weighted by molar-refractivity contribution is 6.31. The lowest BCUT2D eigenvalue weighted by Crippen LogP contribution is -2.50. The number of benzene rings is 2. The summed E-state index contributed by atoms with van der Waals surface area (Å²) in [5.74, 6) is -0.939. The summed E-state index contributed by atoms with van der Waals surface area (Å²) in [6.45, 7) is 4.10. The molecule has 0 radical (unpaired) electrons. The second-order valence-electron chi connectivity index (χ2n) is 10.2. The van der Waals surface area contributed by atoms with Gasteiger partial charge in [-0.25, -0.2) is 0 Å². The normalized spacial score (nSPS) is 16.9. The van der Waals surface area contributed by atoms with Crippen LogP contribution in [0.2, 0.25) is 5.02 Å². The Bertz CT molecular complexity index is 1340. The van der Waals surface area contributed by atoms with Crippen molar-refractivity contribution in [2.24, 2.45) is 5.92 Å². The summed E-state index contributed by atoms with van der Waals surface area (Å²) in [4.78, 5) is 37.6. The molecule has 40 heavy (non-hydrogen) atoms. The van der Waals surface area contributed by atoms with Gasteiger partial charge in [0.25, 0.3) is 0 Å². The molecule has 2 heterocycles. The van der Waals surface area contributed by atoms with E-state index in [0.29, 0.717) is 37.1 Å². The summed E-state index contributed by atoms with van der Waals surface area (Å²) in [6, 6.07) is 12.0. The third-order valence-electron chi connectivity index (χ3n) is 7.26. The van der Waals surface area contributed by atoms with Crippen molar-refractivity contribution in [3.05, 3.63) is 94.0 Å². The van der Waals surface area contributed by atoms with Crippen LogP contribution in [0.1, 0.15) is 67.2 Å². The second-order valence-corrected chi connectivity index (χ2v) is 10.6. The molecule has 2 amide bonds. The number of carbonyl (C=O) groups is 2. The zero-order valence-electron chi connectivity index (χ0n) is 22.4. The van der Waals surface area contributed by atoms with Gasteiger partial charge in [0.1, 0.15) is 6.04 Å². The number of hydrogen-bond acceptors (Lipinski definition) is 4. The van der Waals surface area contributed by atoms with Crippen molar-refractivity contribution < 1.29 is 22.8 Å². The number of nitrogens with zero attached hydrogens (tertiary/aromatic N) is 3. The van der Waals surface area contributed by atoms with Gasteiger partial charge in [-0.1, -0.05) is 61.8 Å². The van der Waals surface area contributed by atoms with Crippen LogP contribution in [0.15, 0.2) is 60.9 Å². The maximum absolute atomic E-state index is 13.9. The van der Waals surface area contributed by atoms with Crippen LogP contribution in [-0.2, 0) is 28.6 Å². The average molecular weight is 573 g/mol. The van der Waals surface area contributed by atoms with E-state index >= 15 is 0 Å². The van der Waals surface area contributed by atoms with Crippen molar-refractivity contribution >= 4 is 23.4 Å². The minimum Gasteiger partial charge on any atom is -0.344 e. The molecule has 3 aromatic rings. The molecule has 0 bridgehead atoms. The van der Waals surface area contributed by atoms with E-state index < -0.39 is 22.8 Å². The van der Waals surface area contributed by atoms with Gasteiger partial charge in [0.15, 0.2) is 0 Å². The molecule has 1 saturated heterocycles. The number of carbonyl (C=O) groups excluding carboxylic acids is 2. The van der Waals surface area contributed by atoms with Gasteiger partial charge in [-0.2, -0.15) is 13.2 Å². The number of aromatic nitrogens is 2. The number of likely N-dealkylation sites (tertiary alicyclic amines) is 1. The summed E-state index contributed by atoms with van der Waals surface area (Å²) >= 11 is 5.94. The molecule has 1 aliphatic rings. The molecular weight excluding hydrogens is 541 g/mol. The Kier molecular flexibility index (Phi) is 9.45. The largest absolute Gasteiger partial charge is 0.417 e. The van der Waals surface area contributed by atoms with Crippen LogP contribution in [0.3, 0.4) is 0 Å². The Morgan fingerprint density at radius 3 is 2.55 bits per heavy atom. The lowest BCUT2D eigenvalue weighted by molar-refractivity contribution is -0.138. The topological polar surface area (TPSA) is 75.2 Å². The van der Waals surface area contributed by atoms with Crippen molar-refractivity contribution in [3.63, 3.8) is 0 Å². The molecule has 1 N–H and O–H groups in total. The van der Waals surface area contributed by atoms with Crippen LogP contribution < -0.4 is 5.32 Å². The van der Waals surface area contributed by atoms with Crippen LogP contribution in [-0.4, -0.2) is 39.3 Å². The Morgan fingerprint density at radius 1 is 1.12 bits per heavy atom. The van der Waals surface area contributed by atoms with E-state index in [4.69, 9.17) is 16.6 Å². The Balaban J connectivity index is 1.58. The van der Waals surface area contributed by atoms with Crippen molar-refractivity contribution in [3.8, 4) is 0 Å². The molecule has 212 valence electrons. The third-order valence-corrected chi connectivity index (χ3v) is 7.57. The average Bonchev–Trinajstić information content (AvgIpc) is 3.42. The maximum Gasteiger partial charge on any atom is 0.417 e. The fraction of sp³-hybridized carbons (Fsp3) is 0.400. The molecular formula is C30H32ClF3N4O2. The fourth-order valence-corrected chi connectivity index (χ4v) is 5.17. The highest BCUT2D eigenvalue weighted by Crippen LogP contribution is 2.36. The zero-order valence-corrected chi connectivity index (χ0v) is 23.2. The Hall–Kier alpha value is -3.46. The summed E-state index contributed by atoms with van der Waals surface area (Å²) in [5, 5.41) is 2.39. The van der Waals surface area contributed by atoms with Crippen LogP contribution in [0.5, 0.6) is 0 Å². The lowest BCUT2D eigenvalue weighted by atomic mass is 10.0. The van der Waals surface area contributed by atoms with Gasteiger partial charge in [-0.05, 0) is 42.5 Å². The number of rotatable bonds is 9. The molecule has 0 spiro atoms. The summed E-state index contributed by atoms with van der Waals surface area (Å²) in [7, 11) is 0. The van der Waals surface area contributed by atoms with Crippen molar-refractivity contribution in [2.75, 3.05) is 6.54 Å². The van der Waals surface area contributed by atoms with Gasteiger partial charge in [0, 0.05) is 31.5 Å². The Labute approximate surface area is 237 Å². The second kappa shape index (κ2) is 12.8. The van der Waals surface area contributed by atoms with E-state index in [1.54, 1.807) is 24.2 Å². The molecule has 6 nitrogen and oxygen atoms in total. The number of halogens is 4. The lowest BCUT2D eigenvalue weighted by Gasteiger charge is -2.30. The van der Waals surface area contributed by atoms with E-state index in [2.05, 4.69) is 10.3 Å². The van der Waals surface area contributed by atoms with Crippen molar-refractivity contribution in [2.45, 2.75) is 64.2 Å². The first-order valence-electron chi connectivity index (χ1n) is 13.4. The molecule has 1 aliphatic heterocycles. The third kappa shape index (κ3) is 7.18. The molecule has 1 aromatic heterocycles. The number of amides is 2. The smallest absolute Gasteiger partial charge is 0.344 e. The predicted octanol–water partition coefficient (Wildman–Crippen LogP) is 6.18. The maximum atomic E-state index is 13.9. The number of nitrogens with one attached hydrogen (secondary N) is 1. The number of alkyl halides is 3. The SMILES string of the molecule is CC[C@@H](C)C(=O)N[C@@H](Cc1ccc(C(F)(F)F)c(Cl)c1)C(=O)N1CCC[C@@H]1c1cncc(Cc2ccccc2)n1. The zero-order chi connectivity index (χ0) is 28.9. The predicted molar refractivity (Wildman–Crippen MR) is 147 cm³/mol. The van der Waals surface area contributed by atoms with E-state index in [1.807, 2.05) is 37.3 Å². The Morgan fingerprint density at radius 2 is 1.88 bits per heavy atom. The molecule has 3 atom stereocenters. The van der Waals surface area contributed by atoms with Gasteiger partial charge in [0.2, 0.25) is 11.8 Å². The summed E-state index contributed by atoms with van der Waals surface area (Å²) in [6.07, 6.45) is 1.40. The first-order valence-corrected chi connectivity index (χ1v) is 13.8. The van der Waals surface area contributed by atoms with Crippen molar-refractivity contribution in [1.29, 1.82) is 0 Å². The first kappa shape index (κ1) is 29.5. The van der Waals surface area contributed by atoms with Crippen LogP contribution >= 0.6 is 11.6 Å². The van der Waals surface area contributed by atoms with Crippen LogP contribution in [0, 0.1) is 5.92 Å². The molecule has 0 saturated carbocycles. The van der Waals surface area contributed by atoms with E-state index in [1.165, 1.54) is 12.1 Å². The summed E-state index contributed by atoms with van der Waals surface area (Å²) in [5.41, 5.74) is 2.02.